The quantitative estimate of drug-likeness (QED) is 0.601. The van der Waals surface area contributed by atoms with Gasteiger partial charge >= 0.3 is 0 Å². The number of anilines is 2. The zero-order chi connectivity index (χ0) is 21.0. The molecule has 7 nitrogen and oxygen atoms in total. The second-order valence-electron chi connectivity index (χ2n) is 8.22. The smallest absolute Gasteiger partial charge is 0.248 e. The lowest BCUT2D eigenvalue weighted by Gasteiger charge is -2.32. The molecular formula is C23H28N4O3S. The first-order chi connectivity index (χ1) is 15.3. The normalized spacial score (nSPS) is 21.6. The highest BCUT2D eigenvalue weighted by molar-refractivity contribution is 7.15. The number of carbonyl (C=O) groups is 1. The number of aromatic nitrogens is 2. The van der Waals surface area contributed by atoms with Crippen LogP contribution in [0.4, 0.5) is 11.6 Å². The molecule has 164 valence electrons. The van der Waals surface area contributed by atoms with Crippen molar-refractivity contribution in [1.82, 2.24) is 14.3 Å². The molecule has 2 atom stereocenters. The maximum atomic E-state index is 12.7. The maximum Gasteiger partial charge on any atom is 0.248 e. The summed E-state index contributed by atoms with van der Waals surface area (Å²) in [6.45, 7) is 2.92. The van der Waals surface area contributed by atoms with Gasteiger partial charge in [-0.25, -0.2) is 4.98 Å². The van der Waals surface area contributed by atoms with Gasteiger partial charge in [0, 0.05) is 42.9 Å². The second kappa shape index (κ2) is 9.38. The highest BCUT2D eigenvalue weighted by Gasteiger charge is 2.29. The van der Waals surface area contributed by atoms with Crippen molar-refractivity contribution in [3.8, 4) is 0 Å². The van der Waals surface area contributed by atoms with Crippen molar-refractivity contribution in [2.24, 2.45) is 0 Å². The number of rotatable bonds is 7. The molecule has 0 aliphatic carbocycles. The lowest BCUT2D eigenvalue weighted by molar-refractivity contribution is -0.138. The van der Waals surface area contributed by atoms with E-state index in [-0.39, 0.29) is 24.5 Å². The van der Waals surface area contributed by atoms with Gasteiger partial charge in [0.05, 0.1) is 18.4 Å². The number of likely N-dealkylation sites (tertiary alicyclic amines) is 1. The zero-order valence-electron chi connectivity index (χ0n) is 17.5. The van der Waals surface area contributed by atoms with Gasteiger partial charge in [-0.05, 0) is 37.8 Å². The van der Waals surface area contributed by atoms with Crippen LogP contribution in [0.1, 0.15) is 37.3 Å². The standard InChI is InChI=1S/C23H28N4O3S/c28-20(16-29-15-19-9-5-12-30-19)26-10-4-6-17(14-26)21-22-27(11-13-31-22)23(25-21)24-18-7-2-1-3-8-18/h1-3,7-8,11,13,17,19H,4-6,9-10,12,14-16H2,(H,24,25)/t17-,19-/m1/s1. The maximum absolute atomic E-state index is 12.7. The molecule has 2 saturated heterocycles. The Hall–Kier alpha value is -2.42. The van der Waals surface area contributed by atoms with Crippen LogP contribution in [0.3, 0.4) is 0 Å². The van der Waals surface area contributed by atoms with Crippen molar-refractivity contribution < 1.29 is 14.3 Å². The predicted molar refractivity (Wildman–Crippen MR) is 121 cm³/mol. The Morgan fingerprint density at radius 2 is 2.16 bits per heavy atom. The third-order valence-corrected chi connectivity index (χ3v) is 6.91. The molecule has 1 N–H and O–H groups in total. The molecule has 0 saturated carbocycles. The van der Waals surface area contributed by atoms with Crippen LogP contribution in [0.25, 0.3) is 4.83 Å². The van der Waals surface area contributed by atoms with E-state index in [9.17, 15) is 4.79 Å². The van der Waals surface area contributed by atoms with Crippen LogP contribution in [0.2, 0.25) is 0 Å². The Balaban J connectivity index is 1.25. The SMILES string of the molecule is O=C(COC[C@H]1CCCO1)N1CCC[C@@H](c2nc(Nc3ccccc3)n3ccsc23)C1. The number of nitrogens with zero attached hydrogens (tertiary/aromatic N) is 3. The number of hydrogen-bond acceptors (Lipinski definition) is 6. The van der Waals surface area contributed by atoms with Gasteiger partial charge in [-0.2, -0.15) is 0 Å². The van der Waals surface area contributed by atoms with Crippen LogP contribution in [0.15, 0.2) is 41.9 Å². The number of hydrogen-bond donors (Lipinski definition) is 1. The molecule has 1 amide bonds. The molecule has 0 spiro atoms. The first-order valence-electron chi connectivity index (χ1n) is 11.0. The van der Waals surface area contributed by atoms with Crippen molar-refractivity contribution in [3.05, 3.63) is 47.6 Å². The largest absolute Gasteiger partial charge is 0.376 e. The number of imidazole rings is 1. The number of piperidine rings is 1. The fourth-order valence-corrected chi connectivity index (χ4v) is 5.33. The minimum atomic E-state index is 0.0620. The Labute approximate surface area is 186 Å². The number of thiazole rings is 1. The minimum absolute atomic E-state index is 0.0620. The molecule has 2 aliphatic heterocycles. The average molecular weight is 441 g/mol. The van der Waals surface area contributed by atoms with E-state index >= 15 is 0 Å². The summed E-state index contributed by atoms with van der Waals surface area (Å²) >= 11 is 1.70. The van der Waals surface area contributed by atoms with Gasteiger partial charge < -0.3 is 19.7 Å². The van der Waals surface area contributed by atoms with E-state index in [1.54, 1.807) is 11.3 Å². The third-order valence-electron chi connectivity index (χ3n) is 6.03. The van der Waals surface area contributed by atoms with E-state index in [0.717, 1.165) is 61.0 Å². The number of benzene rings is 1. The number of fused-ring (bicyclic) bond motifs is 1. The van der Waals surface area contributed by atoms with Crippen molar-refractivity contribution in [2.45, 2.75) is 37.7 Å². The van der Waals surface area contributed by atoms with Gasteiger partial charge in [-0.15, -0.1) is 11.3 Å². The molecular weight excluding hydrogens is 412 g/mol. The van der Waals surface area contributed by atoms with E-state index in [1.807, 2.05) is 41.4 Å². The lowest BCUT2D eigenvalue weighted by atomic mass is 9.95. The number of carbonyl (C=O) groups excluding carboxylic acids is 1. The minimum Gasteiger partial charge on any atom is -0.376 e. The predicted octanol–water partition coefficient (Wildman–Crippen LogP) is 4.04. The summed E-state index contributed by atoms with van der Waals surface area (Å²) < 4.78 is 13.3. The van der Waals surface area contributed by atoms with Crippen LogP contribution in [-0.4, -0.2) is 59.2 Å². The highest BCUT2D eigenvalue weighted by Crippen LogP contribution is 2.34. The fourth-order valence-electron chi connectivity index (χ4n) is 4.42. The summed E-state index contributed by atoms with van der Waals surface area (Å²) in [5.74, 6) is 1.11. The van der Waals surface area contributed by atoms with Gasteiger partial charge in [0.1, 0.15) is 11.4 Å². The molecule has 8 heteroatoms. The molecule has 2 aliphatic rings. The molecule has 0 unspecified atom stereocenters. The van der Waals surface area contributed by atoms with E-state index in [4.69, 9.17) is 14.5 Å². The van der Waals surface area contributed by atoms with E-state index in [2.05, 4.69) is 15.1 Å². The van der Waals surface area contributed by atoms with Gasteiger partial charge in [-0.3, -0.25) is 9.20 Å². The number of amides is 1. The number of para-hydroxylation sites is 1. The Morgan fingerprint density at radius 1 is 1.26 bits per heavy atom. The monoisotopic (exact) mass is 440 g/mol. The first-order valence-corrected chi connectivity index (χ1v) is 11.9. The average Bonchev–Trinajstić information content (AvgIpc) is 3.54. The molecule has 2 fully saturated rings. The molecule has 2 aromatic heterocycles. The van der Waals surface area contributed by atoms with Crippen LogP contribution < -0.4 is 5.32 Å². The second-order valence-corrected chi connectivity index (χ2v) is 9.11. The van der Waals surface area contributed by atoms with Crippen molar-refractivity contribution in [2.75, 3.05) is 38.2 Å². The van der Waals surface area contributed by atoms with Gasteiger partial charge in [0.2, 0.25) is 11.9 Å². The summed E-state index contributed by atoms with van der Waals surface area (Å²) in [5.41, 5.74) is 2.09. The van der Waals surface area contributed by atoms with Gasteiger partial charge in [0.25, 0.3) is 0 Å². The molecule has 0 radical (unpaired) electrons. The van der Waals surface area contributed by atoms with Crippen LogP contribution in [-0.2, 0) is 14.3 Å². The van der Waals surface area contributed by atoms with E-state index < -0.39 is 0 Å². The fraction of sp³-hybridized carbons (Fsp3) is 0.478. The molecule has 3 aromatic rings. The van der Waals surface area contributed by atoms with E-state index in [0.29, 0.717) is 13.2 Å². The van der Waals surface area contributed by atoms with Crippen LogP contribution in [0.5, 0.6) is 0 Å². The molecule has 31 heavy (non-hydrogen) atoms. The van der Waals surface area contributed by atoms with Crippen LogP contribution >= 0.6 is 11.3 Å². The summed E-state index contributed by atoms with van der Waals surface area (Å²) in [7, 11) is 0. The molecule has 5 rings (SSSR count). The number of ether oxygens (including phenoxy) is 2. The highest BCUT2D eigenvalue weighted by atomic mass is 32.1. The summed E-state index contributed by atoms with van der Waals surface area (Å²) in [6.07, 6.45) is 6.32. The summed E-state index contributed by atoms with van der Waals surface area (Å²) in [6, 6.07) is 10.1. The summed E-state index contributed by atoms with van der Waals surface area (Å²) in [4.78, 5) is 20.8. The van der Waals surface area contributed by atoms with Crippen molar-refractivity contribution in [1.29, 1.82) is 0 Å². The summed E-state index contributed by atoms with van der Waals surface area (Å²) in [5, 5.41) is 5.51. The Kier molecular flexibility index (Phi) is 6.20. The van der Waals surface area contributed by atoms with Crippen molar-refractivity contribution >= 4 is 33.7 Å². The Morgan fingerprint density at radius 3 is 3.00 bits per heavy atom. The third kappa shape index (κ3) is 4.61. The van der Waals surface area contributed by atoms with Gasteiger partial charge in [-0.1, -0.05) is 18.2 Å². The van der Waals surface area contributed by atoms with Crippen LogP contribution in [0, 0.1) is 0 Å². The number of nitrogens with one attached hydrogen (secondary N) is 1. The van der Waals surface area contributed by atoms with Gasteiger partial charge in [0.15, 0.2) is 0 Å². The first kappa shape index (κ1) is 20.5. The van der Waals surface area contributed by atoms with Crippen molar-refractivity contribution in [3.63, 3.8) is 0 Å². The van der Waals surface area contributed by atoms with E-state index in [1.165, 1.54) is 0 Å². The lowest BCUT2D eigenvalue weighted by Crippen LogP contribution is -2.41. The zero-order valence-corrected chi connectivity index (χ0v) is 18.4. The molecule has 1 aromatic carbocycles. The molecule has 0 bridgehead atoms. The topological polar surface area (TPSA) is 68.1 Å². The Bertz CT molecular complexity index is 1010. The molecule has 4 heterocycles.